The SMILES string of the molecule is CN=C(NCC1CCN(Cc2cccs2)CC1)NC1CCN(CC(F)(F)F)C1. The Morgan fingerprint density at radius 2 is 1.96 bits per heavy atom. The van der Waals surface area contributed by atoms with Crippen molar-refractivity contribution in [2.45, 2.75) is 38.0 Å². The summed E-state index contributed by atoms with van der Waals surface area (Å²) in [5, 5.41) is 8.77. The quantitative estimate of drug-likeness (QED) is 0.552. The molecule has 0 aromatic carbocycles. The van der Waals surface area contributed by atoms with Crippen molar-refractivity contribution in [1.82, 2.24) is 20.4 Å². The van der Waals surface area contributed by atoms with Gasteiger partial charge in [-0.1, -0.05) is 6.07 Å². The summed E-state index contributed by atoms with van der Waals surface area (Å²) in [7, 11) is 1.71. The highest BCUT2D eigenvalue weighted by molar-refractivity contribution is 7.09. The molecule has 1 aromatic rings. The van der Waals surface area contributed by atoms with Gasteiger partial charge in [-0.25, -0.2) is 0 Å². The van der Waals surface area contributed by atoms with Crippen molar-refractivity contribution in [3.8, 4) is 0 Å². The molecule has 28 heavy (non-hydrogen) atoms. The molecule has 2 N–H and O–H groups in total. The molecule has 0 saturated carbocycles. The molecule has 1 unspecified atom stereocenters. The first-order valence-electron chi connectivity index (χ1n) is 9.92. The molecular formula is C19H30F3N5S. The minimum atomic E-state index is -4.13. The van der Waals surface area contributed by atoms with Gasteiger partial charge in [0.1, 0.15) is 0 Å². The second-order valence-corrected chi connectivity index (χ2v) is 8.76. The average Bonchev–Trinajstić information content (AvgIpc) is 3.30. The van der Waals surface area contributed by atoms with Crippen LogP contribution in [0.1, 0.15) is 24.1 Å². The Balaban J connectivity index is 1.34. The third-order valence-electron chi connectivity index (χ3n) is 5.46. The van der Waals surface area contributed by atoms with Gasteiger partial charge in [-0.05, 0) is 49.7 Å². The zero-order chi connectivity index (χ0) is 20.0. The molecular weight excluding hydrogens is 387 g/mol. The summed E-state index contributed by atoms with van der Waals surface area (Å²) in [6, 6.07) is 4.30. The molecule has 9 heteroatoms. The van der Waals surface area contributed by atoms with Crippen LogP contribution in [0.5, 0.6) is 0 Å². The van der Waals surface area contributed by atoms with Gasteiger partial charge >= 0.3 is 6.18 Å². The summed E-state index contributed by atoms with van der Waals surface area (Å²) in [6.45, 7) is 4.14. The number of thiophene rings is 1. The Kier molecular flexibility index (Phi) is 7.59. The number of nitrogens with one attached hydrogen (secondary N) is 2. The summed E-state index contributed by atoms with van der Waals surface area (Å²) >= 11 is 1.81. The highest BCUT2D eigenvalue weighted by Gasteiger charge is 2.34. The normalized spacial score (nSPS) is 23.3. The Hall–Kier alpha value is -1.32. The molecule has 2 fully saturated rings. The maximum atomic E-state index is 12.5. The molecule has 2 saturated heterocycles. The van der Waals surface area contributed by atoms with E-state index < -0.39 is 12.7 Å². The molecule has 1 aromatic heterocycles. The van der Waals surface area contributed by atoms with Crippen molar-refractivity contribution < 1.29 is 13.2 Å². The minimum Gasteiger partial charge on any atom is -0.356 e. The van der Waals surface area contributed by atoms with Crippen molar-refractivity contribution in [1.29, 1.82) is 0 Å². The molecule has 0 amide bonds. The Bertz CT molecular complexity index is 612. The predicted octanol–water partition coefficient (Wildman–Crippen LogP) is 2.76. The van der Waals surface area contributed by atoms with E-state index in [0.717, 1.165) is 39.0 Å². The molecule has 2 aliphatic rings. The zero-order valence-electron chi connectivity index (χ0n) is 16.3. The predicted molar refractivity (Wildman–Crippen MR) is 108 cm³/mol. The summed E-state index contributed by atoms with van der Waals surface area (Å²) in [4.78, 5) is 9.62. The fourth-order valence-electron chi connectivity index (χ4n) is 3.95. The van der Waals surface area contributed by atoms with Crippen LogP contribution >= 0.6 is 11.3 Å². The number of rotatable bonds is 6. The maximum Gasteiger partial charge on any atom is 0.401 e. The van der Waals surface area contributed by atoms with E-state index in [1.807, 2.05) is 11.3 Å². The van der Waals surface area contributed by atoms with Crippen LogP contribution in [0, 0.1) is 5.92 Å². The standard InChI is InChI=1S/C19H30F3N5S/c1-23-18(25-16-6-9-27(12-16)14-19(20,21)22)24-11-15-4-7-26(8-5-15)13-17-3-2-10-28-17/h2-3,10,15-16H,4-9,11-14H2,1H3,(H2,23,24,25). The smallest absolute Gasteiger partial charge is 0.356 e. The number of hydrogen-bond donors (Lipinski definition) is 2. The van der Waals surface area contributed by atoms with Crippen molar-refractivity contribution in [3.63, 3.8) is 0 Å². The number of hydrogen-bond acceptors (Lipinski definition) is 4. The highest BCUT2D eigenvalue weighted by Crippen LogP contribution is 2.21. The number of likely N-dealkylation sites (tertiary alicyclic amines) is 2. The van der Waals surface area contributed by atoms with Gasteiger partial charge in [0.2, 0.25) is 0 Å². The fourth-order valence-corrected chi connectivity index (χ4v) is 4.69. The Morgan fingerprint density at radius 3 is 2.61 bits per heavy atom. The molecule has 0 bridgehead atoms. The molecule has 0 aliphatic carbocycles. The van der Waals surface area contributed by atoms with Crippen LogP contribution in [0.2, 0.25) is 0 Å². The van der Waals surface area contributed by atoms with E-state index in [-0.39, 0.29) is 6.04 Å². The van der Waals surface area contributed by atoms with Crippen LogP contribution in [0.15, 0.2) is 22.5 Å². The third kappa shape index (κ3) is 6.93. The van der Waals surface area contributed by atoms with Crippen molar-refractivity contribution >= 4 is 17.3 Å². The van der Waals surface area contributed by atoms with Gasteiger partial charge in [0.15, 0.2) is 5.96 Å². The molecule has 0 radical (unpaired) electrons. The fraction of sp³-hybridized carbons (Fsp3) is 0.737. The molecule has 3 rings (SSSR count). The number of alkyl halides is 3. The lowest BCUT2D eigenvalue weighted by molar-refractivity contribution is -0.143. The topological polar surface area (TPSA) is 42.9 Å². The van der Waals surface area contributed by atoms with Crippen molar-refractivity contribution in [2.24, 2.45) is 10.9 Å². The van der Waals surface area contributed by atoms with Gasteiger partial charge in [-0.15, -0.1) is 11.3 Å². The number of guanidine groups is 1. The number of nitrogens with zero attached hydrogens (tertiary/aromatic N) is 3. The summed E-state index contributed by atoms with van der Waals surface area (Å²) in [5.74, 6) is 1.29. The minimum absolute atomic E-state index is 0.0150. The van der Waals surface area contributed by atoms with Crippen molar-refractivity contribution in [2.75, 3.05) is 46.3 Å². The molecule has 0 spiro atoms. The average molecular weight is 418 g/mol. The van der Waals surface area contributed by atoms with Gasteiger partial charge in [0.25, 0.3) is 0 Å². The summed E-state index contributed by atoms with van der Waals surface area (Å²) in [5.41, 5.74) is 0. The van der Waals surface area contributed by atoms with Gasteiger partial charge < -0.3 is 10.6 Å². The van der Waals surface area contributed by atoms with E-state index in [1.165, 1.54) is 9.78 Å². The molecule has 2 aliphatic heterocycles. The van der Waals surface area contributed by atoms with Crippen LogP contribution in [0.4, 0.5) is 13.2 Å². The lowest BCUT2D eigenvalue weighted by Crippen LogP contribution is -2.47. The summed E-state index contributed by atoms with van der Waals surface area (Å²) in [6.07, 6.45) is -1.12. The first kappa shape index (κ1) is 21.4. The van der Waals surface area contributed by atoms with Crippen LogP contribution in [0.25, 0.3) is 0 Å². The molecule has 3 heterocycles. The maximum absolute atomic E-state index is 12.5. The van der Waals surface area contributed by atoms with E-state index >= 15 is 0 Å². The first-order valence-corrected chi connectivity index (χ1v) is 10.8. The van der Waals surface area contributed by atoms with Gasteiger partial charge in [0.05, 0.1) is 6.54 Å². The van der Waals surface area contributed by atoms with Gasteiger partial charge in [-0.2, -0.15) is 13.2 Å². The number of aliphatic imine (C=N–C) groups is 1. The second kappa shape index (κ2) is 9.93. The molecule has 5 nitrogen and oxygen atoms in total. The van der Waals surface area contributed by atoms with Gasteiger partial charge in [0, 0.05) is 44.1 Å². The van der Waals surface area contributed by atoms with E-state index in [1.54, 1.807) is 7.05 Å². The Labute approximate surface area is 169 Å². The van der Waals surface area contributed by atoms with Crippen LogP contribution in [0.3, 0.4) is 0 Å². The molecule has 158 valence electrons. The second-order valence-electron chi connectivity index (χ2n) is 7.73. The van der Waals surface area contributed by atoms with E-state index in [9.17, 15) is 13.2 Å². The third-order valence-corrected chi connectivity index (χ3v) is 6.33. The van der Waals surface area contributed by atoms with Crippen LogP contribution in [-0.2, 0) is 6.54 Å². The monoisotopic (exact) mass is 417 g/mol. The van der Waals surface area contributed by atoms with Crippen LogP contribution < -0.4 is 10.6 Å². The largest absolute Gasteiger partial charge is 0.401 e. The number of halogens is 3. The summed E-state index contributed by atoms with van der Waals surface area (Å²) < 4.78 is 37.6. The first-order chi connectivity index (χ1) is 13.4. The van der Waals surface area contributed by atoms with E-state index in [4.69, 9.17) is 0 Å². The highest BCUT2D eigenvalue weighted by atomic mass is 32.1. The van der Waals surface area contributed by atoms with Crippen molar-refractivity contribution in [3.05, 3.63) is 22.4 Å². The van der Waals surface area contributed by atoms with E-state index in [0.29, 0.717) is 31.4 Å². The lowest BCUT2D eigenvalue weighted by Gasteiger charge is -2.32. The number of piperidine rings is 1. The van der Waals surface area contributed by atoms with Gasteiger partial charge in [-0.3, -0.25) is 14.8 Å². The van der Waals surface area contributed by atoms with E-state index in [2.05, 4.69) is 38.0 Å². The molecule has 1 atom stereocenters. The lowest BCUT2D eigenvalue weighted by atomic mass is 9.97. The van der Waals surface area contributed by atoms with Crippen LogP contribution in [-0.4, -0.2) is 74.3 Å². The Morgan fingerprint density at radius 1 is 1.21 bits per heavy atom. The zero-order valence-corrected chi connectivity index (χ0v) is 17.2.